The SMILES string of the molecule is CC(C)OC(C)OC(C)(C)C. The predicted molar refractivity (Wildman–Crippen MR) is 46.5 cm³/mol. The summed E-state index contributed by atoms with van der Waals surface area (Å²) in [5.74, 6) is 0. The largest absolute Gasteiger partial charge is 0.350 e. The highest BCUT2D eigenvalue weighted by Gasteiger charge is 2.15. The van der Waals surface area contributed by atoms with E-state index in [1.807, 2.05) is 41.5 Å². The quantitative estimate of drug-likeness (QED) is 0.591. The van der Waals surface area contributed by atoms with Gasteiger partial charge >= 0.3 is 0 Å². The molecule has 1 unspecified atom stereocenters. The molecule has 0 fully saturated rings. The fourth-order valence-corrected chi connectivity index (χ4v) is 0.909. The second-order valence-corrected chi connectivity index (χ2v) is 3.98. The van der Waals surface area contributed by atoms with Crippen LogP contribution in [-0.2, 0) is 9.47 Å². The van der Waals surface area contributed by atoms with Gasteiger partial charge in [-0.1, -0.05) is 0 Å². The van der Waals surface area contributed by atoms with Crippen LogP contribution in [0.3, 0.4) is 0 Å². The van der Waals surface area contributed by atoms with Gasteiger partial charge in [0.05, 0.1) is 11.7 Å². The van der Waals surface area contributed by atoms with Gasteiger partial charge in [-0.3, -0.25) is 0 Å². The molecule has 0 aromatic heterocycles. The lowest BCUT2D eigenvalue weighted by Gasteiger charge is -2.26. The second kappa shape index (κ2) is 4.07. The fourth-order valence-electron chi connectivity index (χ4n) is 0.909. The van der Waals surface area contributed by atoms with Crippen molar-refractivity contribution >= 4 is 0 Å². The van der Waals surface area contributed by atoms with Crippen molar-refractivity contribution in [2.24, 2.45) is 0 Å². The molecule has 0 heterocycles. The van der Waals surface area contributed by atoms with Crippen molar-refractivity contribution in [3.05, 3.63) is 0 Å². The number of ether oxygens (including phenoxy) is 2. The van der Waals surface area contributed by atoms with Gasteiger partial charge in [-0.15, -0.1) is 0 Å². The third-order valence-electron chi connectivity index (χ3n) is 0.983. The monoisotopic (exact) mass is 160 g/mol. The Morgan fingerprint density at radius 2 is 1.45 bits per heavy atom. The van der Waals surface area contributed by atoms with Crippen molar-refractivity contribution < 1.29 is 9.47 Å². The molecule has 2 heteroatoms. The van der Waals surface area contributed by atoms with Gasteiger partial charge in [-0.2, -0.15) is 0 Å². The zero-order valence-electron chi connectivity index (χ0n) is 8.47. The Morgan fingerprint density at radius 3 is 1.73 bits per heavy atom. The average Bonchev–Trinajstić information content (AvgIpc) is 1.53. The molecule has 0 rings (SSSR count). The number of rotatable bonds is 3. The third kappa shape index (κ3) is 7.82. The summed E-state index contributed by atoms with van der Waals surface area (Å²) in [6.07, 6.45) is 0.113. The van der Waals surface area contributed by atoms with E-state index in [4.69, 9.17) is 9.47 Å². The summed E-state index contributed by atoms with van der Waals surface area (Å²) in [5, 5.41) is 0. The van der Waals surface area contributed by atoms with E-state index < -0.39 is 0 Å². The number of hydrogen-bond donors (Lipinski definition) is 0. The lowest BCUT2D eigenvalue weighted by molar-refractivity contribution is -0.199. The van der Waals surface area contributed by atoms with E-state index in [-0.39, 0.29) is 18.0 Å². The highest BCUT2D eigenvalue weighted by molar-refractivity contribution is 4.59. The van der Waals surface area contributed by atoms with Crippen LogP contribution in [0.2, 0.25) is 0 Å². The molecule has 0 radical (unpaired) electrons. The first-order valence-corrected chi connectivity index (χ1v) is 4.14. The zero-order valence-corrected chi connectivity index (χ0v) is 8.47. The molecule has 0 aliphatic heterocycles. The summed E-state index contributed by atoms with van der Waals surface area (Å²) in [6.45, 7) is 12.0. The van der Waals surface area contributed by atoms with Gasteiger partial charge in [0.1, 0.15) is 0 Å². The van der Waals surface area contributed by atoms with Crippen molar-refractivity contribution in [1.82, 2.24) is 0 Å². The molecule has 2 nitrogen and oxygen atoms in total. The average molecular weight is 160 g/mol. The molecule has 0 saturated heterocycles. The van der Waals surface area contributed by atoms with E-state index in [1.54, 1.807) is 0 Å². The minimum atomic E-state index is -0.117. The molecule has 0 spiro atoms. The van der Waals surface area contributed by atoms with Crippen LogP contribution in [-0.4, -0.2) is 18.0 Å². The number of hydrogen-bond acceptors (Lipinski definition) is 2. The van der Waals surface area contributed by atoms with Crippen molar-refractivity contribution in [2.45, 2.75) is 59.5 Å². The van der Waals surface area contributed by atoms with Gasteiger partial charge in [0.15, 0.2) is 6.29 Å². The molecule has 0 aliphatic carbocycles. The van der Waals surface area contributed by atoms with Gasteiger partial charge in [0.25, 0.3) is 0 Å². The van der Waals surface area contributed by atoms with Gasteiger partial charge in [-0.25, -0.2) is 0 Å². The van der Waals surface area contributed by atoms with Crippen LogP contribution >= 0.6 is 0 Å². The van der Waals surface area contributed by atoms with Crippen LogP contribution in [0.5, 0.6) is 0 Å². The van der Waals surface area contributed by atoms with Gasteiger partial charge in [0, 0.05) is 0 Å². The van der Waals surface area contributed by atoms with E-state index in [0.717, 1.165) is 0 Å². The first kappa shape index (κ1) is 10.9. The van der Waals surface area contributed by atoms with E-state index in [0.29, 0.717) is 0 Å². The minimum Gasteiger partial charge on any atom is -0.350 e. The molecular formula is C9H20O2. The first-order valence-electron chi connectivity index (χ1n) is 4.14. The van der Waals surface area contributed by atoms with Crippen molar-refractivity contribution in [2.75, 3.05) is 0 Å². The lowest BCUT2D eigenvalue weighted by atomic mass is 10.2. The maximum atomic E-state index is 5.53. The van der Waals surface area contributed by atoms with Gasteiger partial charge in [-0.05, 0) is 41.5 Å². The summed E-state index contributed by atoms with van der Waals surface area (Å²) >= 11 is 0. The van der Waals surface area contributed by atoms with Crippen LogP contribution in [0.25, 0.3) is 0 Å². The summed E-state index contributed by atoms with van der Waals surface area (Å²) < 4.78 is 10.9. The molecule has 1 atom stereocenters. The fraction of sp³-hybridized carbons (Fsp3) is 1.00. The second-order valence-electron chi connectivity index (χ2n) is 3.98. The Hall–Kier alpha value is -0.0800. The molecular weight excluding hydrogens is 140 g/mol. The van der Waals surface area contributed by atoms with Gasteiger partial charge in [0.2, 0.25) is 0 Å². The van der Waals surface area contributed by atoms with Crippen molar-refractivity contribution in [1.29, 1.82) is 0 Å². The van der Waals surface area contributed by atoms with Gasteiger partial charge < -0.3 is 9.47 Å². The Balaban J connectivity index is 3.61. The smallest absolute Gasteiger partial charge is 0.155 e. The van der Waals surface area contributed by atoms with E-state index in [2.05, 4.69) is 0 Å². The highest BCUT2D eigenvalue weighted by atomic mass is 16.7. The minimum absolute atomic E-state index is 0.116. The Kier molecular flexibility index (Phi) is 4.04. The van der Waals surface area contributed by atoms with Crippen LogP contribution < -0.4 is 0 Å². The molecule has 11 heavy (non-hydrogen) atoms. The molecule has 0 N–H and O–H groups in total. The maximum Gasteiger partial charge on any atom is 0.155 e. The van der Waals surface area contributed by atoms with Crippen LogP contribution in [0, 0.1) is 0 Å². The van der Waals surface area contributed by atoms with E-state index in [9.17, 15) is 0 Å². The maximum absolute atomic E-state index is 5.53. The highest BCUT2D eigenvalue weighted by Crippen LogP contribution is 2.12. The Bertz CT molecular complexity index is 103. The molecule has 0 aliphatic rings. The Morgan fingerprint density at radius 1 is 1.00 bits per heavy atom. The summed E-state index contributed by atoms with van der Waals surface area (Å²) in [7, 11) is 0. The summed E-state index contributed by atoms with van der Waals surface area (Å²) in [6, 6.07) is 0. The standard InChI is InChI=1S/C9H20O2/c1-7(2)10-8(3)11-9(4,5)6/h7-8H,1-6H3. The van der Waals surface area contributed by atoms with Crippen molar-refractivity contribution in [3.63, 3.8) is 0 Å². The van der Waals surface area contributed by atoms with Crippen LogP contribution in [0.1, 0.15) is 41.5 Å². The molecule has 0 amide bonds. The Labute approximate surface area is 69.9 Å². The van der Waals surface area contributed by atoms with Crippen molar-refractivity contribution in [3.8, 4) is 0 Å². The first-order chi connectivity index (χ1) is 4.81. The molecule has 0 bridgehead atoms. The lowest BCUT2D eigenvalue weighted by Crippen LogP contribution is -2.28. The molecule has 0 aromatic rings. The van der Waals surface area contributed by atoms with Crippen LogP contribution in [0.15, 0.2) is 0 Å². The molecule has 0 aromatic carbocycles. The predicted octanol–water partition coefficient (Wildman–Crippen LogP) is 2.57. The molecule has 0 saturated carbocycles. The summed E-state index contributed by atoms with van der Waals surface area (Å²) in [5.41, 5.74) is -0.117. The zero-order chi connectivity index (χ0) is 9.07. The molecule has 68 valence electrons. The topological polar surface area (TPSA) is 18.5 Å². The van der Waals surface area contributed by atoms with Crippen LogP contribution in [0.4, 0.5) is 0 Å². The summed E-state index contributed by atoms with van der Waals surface area (Å²) in [4.78, 5) is 0. The third-order valence-corrected chi connectivity index (χ3v) is 0.983. The normalized spacial score (nSPS) is 15.5. The van der Waals surface area contributed by atoms with E-state index in [1.165, 1.54) is 0 Å². The van der Waals surface area contributed by atoms with E-state index >= 15 is 0 Å².